The van der Waals surface area contributed by atoms with E-state index in [1.165, 1.54) is 32.1 Å². The summed E-state index contributed by atoms with van der Waals surface area (Å²) in [6.07, 6.45) is 6.62. The summed E-state index contributed by atoms with van der Waals surface area (Å²) in [5.74, 6) is 1.98. The largest absolute Gasteiger partial charge is 0.462 e. The predicted molar refractivity (Wildman–Crippen MR) is 77.0 cm³/mol. The third-order valence-corrected chi connectivity index (χ3v) is 4.35. The maximum absolute atomic E-state index is 5.97. The van der Waals surface area contributed by atoms with E-state index in [4.69, 9.17) is 9.15 Å². The van der Waals surface area contributed by atoms with Crippen molar-refractivity contribution in [2.24, 2.45) is 5.41 Å². The van der Waals surface area contributed by atoms with Gasteiger partial charge in [-0.25, -0.2) is 0 Å². The molecular weight excluding hydrogens is 238 g/mol. The van der Waals surface area contributed by atoms with E-state index in [0.717, 1.165) is 18.1 Å². The Morgan fingerprint density at radius 2 is 2.05 bits per heavy atom. The lowest BCUT2D eigenvalue weighted by atomic mass is 9.70. The third-order valence-electron chi connectivity index (χ3n) is 4.35. The highest BCUT2D eigenvalue weighted by Gasteiger charge is 2.37. The van der Waals surface area contributed by atoms with Gasteiger partial charge in [0.15, 0.2) is 0 Å². The maximum Gasteiger partial charge on any atom is 0.129 e. The van der Waals surface area contributed by atoms with E-state index in [0.29, 0.717) is 18.1 Å². The highest BCUT2D eigenvalue weighted by Crippen LogP contribution is 2.45. The minimum atomic E-state index is 0.316. The molecule has 1 aromatic rings. The molecule has 1 aliphatic rings. The third kappa shape index (κ3) is 3.40. The van der Waals surface area contributed by atoms with Crippen LogP contribution in [0.1, 0.15) is 63.5 Å². The van der Waals surface area contributed by atoms with Crippen molar-refractivity contribution in [3.63, 3.8) is 0 Å². The first-order chi connectivity index (χ1) is 9.19. The molecule has 1 heterocycles. The van der Waals surface area contributed by atoms with E-state index in [2.05, 4.69) is 25.2 Å². The summed E-state index contributed by atoms with van der Waals surface area (Å²) < 4.78 is 11.1. The minimum absolute atomic E-state index is 0.316. The Bertz CT molecular complexity index is 380. The molecule has 0 amide bonds. The molecule has 0 aromatic carbocycles. The first-order valence-electron chi connectivity index (χ1n) is 7.50. The van der Waals surface area contributed by atoms with Crippen molar-refractivity contribution in [1.29, 1.82) is 0 Å². The molecule has 0 radical (unpaired) electrons. The van der Waals surface area contributed by atoms with Gasteiger partial charge in [0.05, 0.1) is 6.04 Å². The van der Waals surface area contributed by atoms with E-state index in [9.17, 15) is 0 Å². The van der Waals surface area contributed by atoms with Crippen LogP contribution in [0.5, 0.6) is 0 Å². The molecule has 0 saturated heterocycles. The van der Waals surface area contributed by atoms with Gasteiger partial charge in [-0.05, 0) is 36.9 Å². The van der Waals surface area contributed by atoms with Crippen molar-refractivity contribution >= 4 is 0 Å². The van der Waals surface area contributed by atoms with Gasteiger partial charge >= 0.3 is 0 Å². The van der Waals surface area contributed by atoms with Gasteiger partial charge in [0.2, 0.25) is 0 Å². The molecule has 108 valence electrons. The number of nitrogens with one attached hydrogen (secondary N) is 1. The van der Waals surface area contributed by atoms with E-state index in [1.54, 1.807) is 7.11 Å². The Balaban J connectivity index is 2.17. The van der Waals surface area contributed by atoms with E-state index in [-0.39, 0.29) is 0 Å². The molecular formula is C16H27NO2. The summed E-state index contributed by atoms with van der Waals surface area (Å²) in [7, 11) is 1.70. The van der Waals surface area contributed by atoms with Gasteiger partial charge in [-0.3, -0.25) is 0 Å². The number of rotatable bonds is 6. The van der Waals surface area contributed by atoms with Crippen LogP contribution in [0.15, 0.2) is 16.5 Å². The zero-order chi connectivity index (χ0) is 13.7. The summed E-state index contributed by atoms with van der Waals surface area (Å²) in [4.78, 5) is 0. The molecule has 1 atom stereocenters. The number of furan rings is 1. The fourth-order valence-corrected chi connectivity index (χ4v) is 3.31. The lowest BCUT2D eigenvalue weighted by molar-refractivity contribution is 0.121. The average Bonchev–Trinajstić information content (AvgIpc) is 2.85. The van der Waals surface area contributed by atoms with Crippen LogP contribution in [0.3, 0.4) is 0 Å². The van der Waals surface area contributed by atoms with E-state index in [1.807, 2.05) is 6.07 Å². The molecule has 3 heteroatoms. The topological polar surface area (TPSA) is 34.4 Å². The van der Waals surface area contributed by atoms with Crippen molar-refractivity contribution in [2.75, 3.05) is 13.7 Å². The SMILES string of the molecule is CCNC(c1ccc(COC)o1)C1(C)CCCCC1. The summed E-state index contributed by atoms with van der Waals surface area (Å²) in [6.45, 7) is 6.09. The zero-order valence-electron chi connectivity index (χ0n) is 12.5. The van der Waals surface area contributed by atoms with Crippen LogP contribution in [0, 0.1) is 5.41 Å². The highest BCUT2D eigenvalue weighted by molar-refractivity contribution is 5.14. The molecule has 0 spiro atoms. The van der Waals surface area contributed by atoms with Crippen LogP contribution in [-0.4, -0.2) is 13.7 Å². The molecule has 1 saturated carbocycles. The van der Waals surface area contributed by atoms with Crippen molar-refractivity contribution in [1.82, 2.24) is 5.32 Å². The second-order valence-electron chi connectivity index (χ2n) is 5.94. The van der Waals surface area contributed by atoms with Crippen molar-refractivity contribution in [3.8, 4) is 0 Å². The second kappa shape index (κ2) is 6.58. The fourth-order valence-electron chi connectivity index (χ4n) is 3.31. The van der Waals surface area contributed by atoms with E-state index >= 15 is 0 Å². The zero-order valence-corrected chi connectivity index (χ0v) is 12.5. The summed E-state index contributed by atoms with van der Waals surface area (Å²) in [5, 5.41) is 3.63. The lowest BCUT2D eigenvalue weighted by Crippen LogP contribution is -2.37. The average molecular weight is 265 g/mol. The van der Waals surface area contributed by atoms with Crippen molar-refractivity contribution < 1.29 is 9.15 Å². The Labute approximate surface area is 116 Å². The molecule has 1 unspecified atom stereocenters. The highest BCUT2D eigenvalue weighted by atomic mass is 16.5. The summed E-state index contributed by atoms with van der Waals surface area (Å²) in [5.41, 5.74) is 0.316. The molecule has 1 N–H and O–H groups in total. The van der Waals surface area contributed by atoms with Crippen LogP contribution in [0.2, 0.25) is 0 Å². The monoisotopic (exact) mass is 265 g/mol. The van der Waals surface area contributed by atoms with Crippen LogP contribution < -0.4 is 5.32 Å². The molecule has 1 fully saturated rings. The van der Waals surface area contributed by atoms with Gasteiger partial charge in [-0.15, -0.1) is 0 Å². The Kier molecular flexibility index (Phi) is 5.06. The smallest absolute Gasteiger partial charge is 0.129 e. The van der Waals surface area contributed by atoms with E-state index < -0.39 is 0 Å². The first kappa shape index (κ1) is 14.6. The van der Waals surface area contributed by atoms with Crippen molar-refractivity contribution in [3.05, 3.63) is 23.7 Å². The van der Waals surface area contributed by atoms with Crippen LogP contribution >= 0.6 is 0 Å². The van der Waals surface area contributed by atoms with Crippen LogP contribution in [0.4, 0.5) is 0 Å². The van der Waals surface area contributed by atoms with Gasteiger partial charge in [0.1, 0.15) is 18.1 Å². The molecule has 3 nitrogen and oxygen atoms in total. The molecule has 2 rings (SSSR count). The Morgan fingerprint density at radius 1 is 1.32 bits per heavy atom. The summed E-state index contributed by atoms with van der Waals surface area (Å²) in [6, 6.07) is 4.47. The molecule has 0 aliphatic heterocycles. The maximum atomic E-state index is 5.97. The van der Waals surface area contributed by atoms with Crippen LogP contribution in [0.25, 0.3) is 0 Å². The minimum Gasteiger partial charge on any atom is -0.462 e. The first-order valence-corrected chi connectivity index (χ1v) is 7.50. The van der Waals surface area contributed by atoms with Crippen molar-refractivity contribution in [2.45, 2.75) is 58.6 Å². The lowest BCUT2D eigenvalue weighted by Gasteiger charge is -2.40. The number of methoxy groups -OCH3 is 1. The second-order valence-corrected chi connectivity index (χ2v) is 5.94. The number of hydrogen-bond acceptors (Lipinski definition) is 3. The Morgan fingerprint density at radius 3 is 2.68 bits per heavy atom. The van der Waals surface area contributed by atoms with Gasteiger partial charge < -0.3 is 14.5 Å². The molecule has 1 aliphatic carbocycles. The van der Waals surface area contributed by atoms with Gasteiger partial charge in [0, 0.05) is 7.11 Å². The van der Waals surface area contributed by atoms with Crippen LogP contribution in [-0.2, 0) is 11.3 Å². The number of hydrogen-bond donors (Lipinski definition) is 1. The standard InChI is InChI=1S/C16H27NO2/c1-4-17-15(16(2)10-6-5-7-11-16)14-9-8-13(19-14)12-18-3/h8-9,15,17H,4-7,10-12H2,1-3H3. The molecule has 1 aromatic heterocycles. The summed E-state index contributed by atoms with van der Waals surface area (Å²) >= 11 is 0. The molecule has 0 bridgehead atoms. The fraction of sp³-hybridized carbons (Fsp3) is 0.750. The van der Waals surface area contributed by atoms with Gasteiger partial charge in [-0.2, -0.15) is 0 Å². The predicted octanol–water partition coefficient (Wildman–Crippen LogP) is 4.05. The quantitative estimate of drug-likeness (QED) is 0.842. The Hall–Kier alpha value is -0.800. The molecule has 19 heavy (non-hydrogen) atoms. The van der Waals surface area contributed by atoms with Gasteiger partial charge in [0.25, 0.3) is 0 Å². The number of ether oxygens (including phenoxy) is 1. The normalized spacial score (nSPS) is 20.4. The van der Waals surface area contributed by atoms with Gasteiger partial charge in [-0.1, -0.05) is 33.1 Å².